The molecule has 2 aromatic rings. The predicted molar refractivity (Wildman–Crippen MR) is 79.2 cm³/mol. The van der Waals surface area contributed by atoms with E-state index in [1.165, 1.54) is 23.3 Å². The number of nitrogens with zero attached hydrogens (tertiary/aromatic N) is 1. The van der Waals surface area contributed by atoms with Gasteiger partial charge in [0.2, 0.25) is 0 Å². The largest absolute Gasteiger partial charge is 0.370 e. The molecule has 0 aliphatic carbocycles. The van der Waals surface area contributed by atoms with E-state index in [-0.39, 0.29) is 5.82 Å². The van der Waals surface area contributed by atoms with Crippen LogP contribution in [0.2, 0.25) is 0 Å². The van der Waals surface area contributed by atoms with Crippen LogP contribution in [0.3, 0.4) is 0 Å². The third-order valence-electron chi connectivity index (χ3n) is 3.14. The maximum Gasteiger partial charge on any atom is 0.123 e. The topological polar surface area (TPSA) is 3.24 Å². The summed E-state index contributed by atoms with van der Waals surface area (Å²) in [7, 11) is 1.99. The van der Waals surface area contributed by atoms with Gasteiger partial charge < -0.3 is 4.90 Å². The molecule has 0 fully saturated rings. The van der Waals surface area contributed by atoms with E-state index in [4.69, 9.17) is 11.6 Å². The Morgan fingerprint density at radius 1 is 1.11 bits per heavy atom. The lowest BCUT2D eigenvalue weighted by molar-refractivity contribution is 0.626. The fourth-order valence-electron chi connectivity index (χ4n) is 2.09. The van der Waals surface area contributed by atoms with Crippen LogP contribution in [0.4, 0.5) is 10.1 Å². The van der Waals surface area contributed by atoms with Crippen molar-refractivity contribution in [3.05, 3.63) is 65.0 Å². The van der Waals surface area contributed by atoms with Crippen molar-refractivity contribution in [2.24, 2.45) is 0 Å². The van der Waals surface area contributed by atoms with Gasteiger partial charge in [-0.25, -0.2) is 4.39 Å². The van der Waals surface area contributed by atoms with Gasteiger partial charge in [-0.05, 0) is 36.2 Å². The number of aryl methyl sites for hydroxylation is 1. The van der Waals surface area contributed by atoms with Gasteiger partial charge in [0.05, 0.1) is 0 Å². The van der Waals surface area contributed by atoms with E-state index in [1.54, 1.807) is 6.07 Å². The molecule has 0 saturated carbocycles. The van der Waals surface area contributed by atoms with Crippen molar-refractivity contribution in [1.82, 2.24) is 0 Å². The van der Waals surface area contributed by atoms with Crippen molar-refractivity contribution in [1.29, 1.82) is 0 Å². The lowest BCUT2D eigenvalue weighted by atomic mass is 10.1. The standard InChI is InChI=1S/C16H17ClFN/c1-12-3-5-13(6-4-12)11-19(2)16-8-7-15(18)9-14(16)10-17/h3-9H,10-11H2,1-2H3. The Kier molecular flexibility index (Phi) is 4.43. The molecule has 0 amide bonds. The van der Waals surface area contributed by atoms with Gasteiger partial charge in [0.15, 0.2) is 0 Å². The zero-order valence-electron chi connectivity index (χ0n) is 11.2. The smallest absolute Gasteiger partial charge is 0.123 e. The maximum atomic E-state index is 13.2. The molecule has 0 bridgehead atoms. The summed E-state index contributed by atoms with van der Waals surface area (Å²) in [5, 5.41) is 0. The van der Waals surface area contributed by atoms with Crippen LogP contribution >= 0.6 is 11.6 Å². The lowest BCUT2D eigenvalue weighted by Crippen LogP contribution is -2.17. The molecular weight excluding hydrogens is 261 g/mol. The van der Waals surface area contributed by atoms with Gasteiger partial charge in [-0.15, -0.1) is 11.6 Å². The zero-order chi connectivity index (χ0) is 13.8. The summed E-state index contributed by atoms with van der Waals surface area (Å²) in [5.74, 6) is 0.0637. The molecule has 2 aromatic carbocycles. The van der Waals surface area contributed by atoms with Crippen LogP contribution in [-0.4, -0.2) is 7.05 Å². The van der Waals surface area contributed by atoms with E-state index in [0.717, 1.165) is 17.8 Å². The van der Waals surface area contributed by atoms with Gasteiger partial charge in [-0.3, -0.25) is 0 Å². The number of benzene rings is 2. The van der Waals surface area contributed by atoms with Crippen molar-refractivity contribution < 1.29 is 4.39 Å². The molecule has 2 rings (SSSR count). The number of halogens is 2. The second-order valence-corrected chi connectivity index (χ2v) is 5.02. The minimum atomic E-state index is -0.247. The molecule has 0 heterocycles. The zero-order valence-corrected chi connectivity index (χ0v) is 11.9. The van der Waals surface area contributed by atoms with Crippen molar-refractivity contribution in [3.8, 4) is 0 Å². The average molecular weight is 278 g/mol. The third-order valence-corrected chi connectivity index (χ3v) is 3.43. The Morgan fingerprint density at radius 2 is 1.79 bits per heavy atom. The first kappa shape index (κ1) is 13.9. The molecular formula is C16H17ClFN. The predicted octanol–water partition coefficient (Wildman–Crippen LogP) is 4.51. The molecule has 0 unspecified atom stereocenters. The molecule has 0 spiro atoms. The van der Waals surface area contributed by atoms with Gasteiger partial charge in [-0.1, -0.05) is 29.8 Å². The van der Waals surface area contributed by atoms with E-state index in [9.17, 15) is 4.39 Å². The van der Waals surface area contributed by atoms with Gasteiger partial charge in [0.25, 0.3) is 0 Å². The molecule has 0 aliphatic heterocycles. The Morgan fingerprint density at radius 3 is 2.42 bits per heavy atom. The first-order valence-electron chi connectivity index (χ1n) is 6.21. The highest BCUT2D eigenvalue weighted by Crippen LogP contribution is 2.24. The normalized spacial score (nSPS) is 10.5. The molecule has 0 saturated heterocycles. The first-order valence-corrected chi connectivity index (χ1v) is 6.74. The van der Waals surface area contributed by atoms with Crippen LogP contribution in [0.25, 0.3) is 0 Å². The first-order chi connectivity index (χ1) is 9.10. The molecule has 3 heteroatoms. The molecule has 0 radical (unpaired) electrons. The summed E-state index contributed by atoms with van der Waals surface area (Å²) in [6.07, 6.45) is 0. The van der Waals surface area contributed by atoms with E-state index >= 15 is 0 Å². The van der Waals surface area contributed by atoms with E-state index in [1.807, 2.05) is 7.05 Å². The van der Waals surface area contributed by atoms with E-state index in [0.29, 0.717) is 5.88 Å². The SMILES string of the molecule is Cc1ccc(CN(C)c2ccc(F)cc2CCl)cc1. The number of hydrogen-bond acceptors (Lipinski definition) is 1. The molecule has 0 atom stereocenters. The third kappa shape index (κ3) is 3.48. The minimum absolute atomic E-state index is 0.247. The minimum Gasteiger partial charge on any atom is -0.370 e. The second kappa shape index (κ2) is 6.07. The van der Waals surface area contributed by atoms with Gasteiger partial charge in [0.1, 0.15) is 5.82 Å². The van der Waals surface area contributed by atoms with Crippen LogP contribution in [0.15, 0.2) is 42.5 Å². The summed E-state index contributed by atoms with van der Waals surface area (Å²) in [6, 6.07) is 13.1. The Hall–Kier alpha value is -1.54. The fraction of sp³-hybridized carbons (Fsp3) is 0.250. The molecule has 0 aromatic heterocycles. The summed E-state index contributed by atoms with van der Waals surface area (Å²) >= 11 is 5.88. The van der Waals surface area contributed by atoms with Crippen LogP contribution in [0.1, 0.15) is 16.7 Å². The molecule has 19 heavy (non-hydrogen) atoms. The van der Waals surface area contributed by atoms with Crippen molar-refractivity contribution in [2.45, 2.75) is 19.3 Å². The Bertz CT molecular complexity index is 551. The van der Waals surface area contributed by atoms with Crippen molar-refractivity contribution >= 4 is 17.3 Å². The summed E-state index contributed by atoms with van der Waals surface area (Å²) in [6.45, 7) is 2.84. The van der Waals surface area contributed by atoms with Crippen molar-refractivity contribution in [2.75, 3.05) is 11.9 Å². The van der Waals surface area contributed by atoms with Gasteiger partial charge >= 0.3 is 0 Å². The average Bonchev–Trinajstić information content (AvgIpc) is 2.41. The molecule has 0 N–H and O–H groups in total. The van der Waals surface area contributed by atoms with Gasteiger partial charge in [-0.2, -0.15) is 0 Å². The number of hydrogen-bond donors (Lipinski definition) is 0. The second-order valence-electron chi connectivity index (χ2n) is 4.75. The fourth-order valence-corrected chi connectivity index (χ4v) is 2.30. The Labute approximate surface area is 118 Å². The molecule has 100 valence electrons. The van der Waals surface area contributed by atoms with E-state index < -0.39 is 0 Å². The molecule has 0 aliphatic rings. The number of alkyl halides is 1. The summed E-state index contributed by atoms with van der Waals surface area (Å²) in [4.78, 5) is 2.09. The van der Waals surface area contributed by atoms with Crippen LogP contribution in [0.5, 0.6) is 0 Å². The van der Waals surface area contributed by atoms with Crippen LogP contribution in [0, 0.1) is 12.7 Å². The number of anilines is 1. The maximum absolute atomic E-state index is 13.2. The highest BCUT2D eigenvalue weighted by atomic mass is 35.5. The van der Waals surface area contributed by atoms with Crippen molar-refractivity contribution in [3.63, 3.8) is 0 Å². The summed E-state index contributed by atoms with van der Waals surface area (Å²) in [5.41, 5.74) is 4.25. The molecule has 1 nitrogen and oxygen atoms in total. The van der Waals surface area contributed by atoms with Gasteiger partial charge in [0, 0.05) is 25.2 Å². The highest BCUT2D eigenvalue weighted by Gasteiger charge is 2.08. The monoisotopic (exact) mass is 277 g/mol. The Balaban J connectivity index is 2.19. The number of rotatable bonds is 4. The van der Waals surface area contributed by atoms with Crippen LogP contribution in [-0.2, 0) is 12.4 Å². The summed E-state index contributed by atoms with van der Waals surface area (Å²) < 4.78 is 13.2. The lowest BCUT2D eigenvalue weighted by Gasteiger charge is -2.22. The quantitative estimate of drug-likeness (QED) is 0.743. The van der Waals surface area contributed by atoms with Crippen LogP contribution < -0.4 is 4.90 Å². The highest BCUT2D eigenvalue weighted by molar-refractivity contribution is 6.17. The van der Waals surface area contributed by atoms with E-state index in [2.05, 4.69) is 36.1 Å².